The van der Waals surface area contributed by atoms with E-state index in [9.17, 15) is 4.79 Å². The van der Waals surface area contributed by atoms with Crippen molar-refractivity contribution in [1.82, 2.24) is 0 Å². The molecule has 0 fully saturated rings. The van der Waals surface area contributed by atoms with Crippen molar-refractivity contribution in [3.63, 3.8) is 0 Å². The Morgan fingerprint density at radius 3 is 2.52 bits per heavy atom. The van der Waals surface area contributed by atoms with E-state index in [0.29, 0.717) is 6.54 Å². The van der Waals surface area contributed by atoms with Gasteiger partial charge in [-0.15, -0.1) is 0 Å². The van der Waals surface area contributed by atoms with E-state index in [0.717, 1.165) is 32.9 Å². The molecule has 0 aromatic heterocycles. The molecule has 1 unspecified atom stereocenters. The highest BCUT2D eigenvalue weighted by molar-refractivity contribution is 9.10. The average Bonchev–Trinajstić information content (AvgIpc) is 2.50. The number of hydrogen-bond acceptors (Lipinski definition) is 2. The van der Waals surface area contributed by atoms with Crippen molar-refractivity contribution < 1.29 is 14.4 Å². The lowest BCUT2D eigenvalue weighted by atomic mass is 10.2. The summed E-state index contributed by atoms with van der Waals surface area (Å²) < 4.78 is 6.16. The molecule has 2 rings (SSSR count). The third-order valence-electron chi connectivity index (χ3n) is 3.59. The van der Waals surface area contributed by atoms with Crippen LogP contribution in [-0.2, 0) is 11.3 Å². The van der Waals surface area contributed by atoms with Crippen LogP contribution in [-0.4, -0.2) is 26.6 Å². The molecule has 0 saturated carbocycles. The van der Waals surface area contributed by atoms with Gasteiger partial charge in [0.15, 0.2) is 6.54 Å². The summed E-state index contributed by atoms with van der Waals surface area (Å²) in [5.74, 6) is 0.858. The summed E-state index contributed by atoms with van der Waals surface area (Å²) in [6.45, 7) is 3.19. The van der Waals surface area contributed by atoms with Gasteiger partial charge in [0.1, 0.15) is 12.3 Å². The molecule has 0 bridgehead atoms. The zero-order valence-electron chi connectivity index (χ0n) is 13.7. The zero-order valence-corrected chi connectivity index (χ0v) is 15.2. The third kappa shape index (κ3) is 5.37. The maximum absolute atomic E-state index is 12.2. The van der Waals surface area contributed by atoms with Gasteiger partial charge in [-0.05, 0) is 55.0 Å². The molecule has 122 valence electrons. The van der Waals surface area contributed by atoms with Crippen LogP contribution in [0.15, 0.2) is 46.9 Å². The third-order valence-corrected chi connectivity index (χ3v) is 4.08. The Bertz CT molecular complexity index is 671. The highest BCUT2D eigenvalue weighted by Crippen LogP contribution is 2.19. The van der Waals surface area contributed by atoms with Gasteiger partial charge >= 0.3 is 0 Å². The molecule has 4 nitrogen and oxygen atoms in total. The first-order valence-electron chi connectivity index (χ1n) is 7.48. The highest BCUT2D eigenvalue weighted by Gasteiger charge is 2.12. The van der Waals surface area contributed by atoms with E-state index in [-0.39, 0.29) is 5.91 Å². The summed E-state index contributed by atoms with van der Waals surface area (Å²) in [7, 11) is 3.67. The zero-order chi connectivity index (χ0) is 16.8. The molecule has 0 aliphatic heterocycles. The van der Waals surface area contributed by atoms with Crippen LogP contribution in [0.5, 0.6) is 5.75 Å². The molecule has 0 aliphatic rings. The number of anilines is 1. The molecular weight excluding hydrogens is 356 g/mol. The van der Waals surface area contributed by atoms with Crippen LogP contribution in [0.25, 0.3) is 0 Å². The minimum absolute atomic E-state index is 0.0152. The van der Waals surface area contributed by atoms with E-state index < -0.39 is 0 Å². The van der Waals surface area contributed by atoms with Crippen molar-refractivity contribution in [3.8, 4) is 5.75 Å². The average molecular weight is 378 g/mol. The lowest BCUT2D eigenvalue weighted by Crippen LogP contribution is -3.08. The van der Waals surface area contributed by atoms with Crippen molar-refractivity contribution in [2.24, 2.45) is 0 Å². The Hall–Kier alpha value is -1.85. The van der Waals surface area contributed by atoms with Gasteiger partial charge in [0.25, 0.3) is 5.91 Å². The first-order chi connectivity index (χ1) is 11.0. The second kappa shape index (κ2) is 8.13. The van der Waals surface area contributed by atoms with Crippen LogP contribution < -0.4 is 15.0 Å². The summed E-state index contributed by atoms with van der Waals surface area (Å²) in [4.78, 5) is 13.3. The lowest BCUT2D eigenvalue weighted by Gasteiger charge is -2.15. The first-order valence-corrected chi connectivity index (χ1v) is 8.27. The van der Waals surface area contributed by atoms with E-state index in [4.69, 9.17) is 4.74 Å². The summed E-state index contributed by atoms with van der Waals surface area (Å²) in [5.41, 5.74) is 3.08. The Kier molecular flexibility index (Phi) is 6.19. The first kappa shape index (κ1) is 17.5. The number of halogens is 1. The van der Waals surface area contributed by atoms with Gasteiger partial charge in [0, 0.05) is 15.7 Å². The number of aryl methyl sites for hydroxylation is 1. The van der Waals surface area contributed by atoms with E-state index in [1.807, 2.05) is 56.4 Å². The van der Waals surface area contributed by atoms with E-state index in [2.05, 4.69) is 21.2 Å². The fourth-order valence-corrected chi connectivity index (χ4v) is 2.87. The van der Waals surface area contributed by atoms with Crippen LogP contribution in [0.1, 0.15) is 11.1 Å². The fourth-order valence-electron chi connectivity index (χ4n) is 2.39. The Morgan fingerprint density at radius 2 is 1.91 bits per heavy atom. The van der Waals surface area contributed by atoms with Crippen LogP contribution in [0.2, 0.25) is 0 Å². The molecule has 1 atom stereocenters. The highest BCUT2D eigenvalue weighted by atomic mass is 79.9. The summed E-state index contributed by atoms with van der Waals surface area (Å²) in [6.07, 6.45) is 0. The number of hydrogen-bond donors (Lipinski definition) is 2. The molecular formula is C18H22BrN2O2+. The van der Waals surface area contributed by atoms with E-state index >= 15 is 0 Å². The van der Waals surface area contributed by atoms with Crippen molar-refractivity contribution in [3.05, 3.63) is 58.1 Å². The monoisotopic (exact) mass is 377 g/mol. The van der Waals surface area contributed by atoms with Gasteiger partial charge in [-0.25, -0.2) is 0 Å². The smallest absolute Gasteiger partial charge is 0.279 e. The van der Waals surface area contributed by atoms with E-state index in [1.54, 1.807) is 7.11 Å². The predicted octanol–water partition coefficient (Wildman–Crippen LogP) is 2.42. The molecule has 0 spiro atoms. The number of rotatable bonds is 6. The molecule has 2 aromatic rings. The van der Waals surface area contributed by atoms with Gasteiger partial charge in [-0.1, -0.05) is 15.9 Å². The van der Waals surface area contributed by atoms with Gasteiger partial charge in [-0.3, -0.25) is 4.79 Å². The number of quaternary nitrogens is 1. The summed E-state index contributed by atoms with van der Waals surface area (Å²) >= 11 is 3.42. The molecule has 2 aromatic carbocycles. The molecule has 5 heteroatoms. The van der Waals surface area contributed by atoms with Gasteiger partial charge < -0.3 is 15.0 Å². The lowest BCUT2D eigenvalue weighted by molar-refractivity contribution is -0.885. The largest absolute Gasteiger partial charge is 0.497 e. The van der Waals surface area contributed by atoms with Crippen molar-refractivity contribution in [2.75, 3.05) is 26.0 Å². The minimum atomic E-state index is 0.0152. The molecule has 0 aliphatic carbocycles. The number of likely N-dealkylation sites (N-methyl/N-ethyl adjacent to an activating group) is 1. The second-order valence-corrected chi connectivity index (χ2v) is 6.58. The maximum atomic E-state index is 12.2. The number of carbonyl (C=O) groups excluding carboxylic acids is 1. The Morgan fingerprint density at radius 1 is 1.22 bits per heavy atom. The molecule has 2 N–H and O–H groups in total. The molecule has 0 saturated heterocycles. The van der Waals surface area contributed by atoms with Gasteiger partial charge in [0.05, 0.1) is 14.2 Å². The van der Waals surface area contributed by atoms with Crippen LogP contribution in [0.4, 0.5) is 5.69 Å². The van der Waals surface area contributed by atoms with Crippen molar-refractivity contribution >= 4 is 27.5 Å². The number of benzene rings is 2. The molecule has 1 amide bonds. The van der Waals surface area contributed by atoms with Gasteiger partial charge in [0.2, 0.25) is 0 Å². The maximum Gasteiger partial charge on any atom is 0.279 e. The minimum Gasteiger partial charge on any atom is -0.497 e. The number of carbonyl (C=O) groups is 1. The fraction of sp³-hybridized carbons (Fsp3) is 0.278. The topological polar surface area (TPSA) is 42.8 Å². The van der Waals surface area contributed by atoms with Crippen LogP contribution >= 0.6 is 15.9 Å². The number of methoxy groups -OCH3 is 1. The second-order valence-electron chi connectivity index (χ2n) is 5.67. The van der Waals surface area contributed by atoms with Crippen molar-refractivity contribution in [1.29, 1.82) is 0 Å². The van der Waals surface area contributed by atoms with Crippen molar-refractivity contribution in [2.45, 2.75) is 13.5 Å². The number of amides is 1. The summed E-state index contributed by atoms with van der Waals surface area (Å²) in [5, 5.41) is 2.97. The van der Waals surface area contributed by atoms with Crippen LogP contribution in [0, 0.1) is 6.92 Å². The standard InChI is InChI=1S/C18H21BrN2O2/c1-13-10-15(19)6-9-17(13)20-18(22)12-21(2)11-14-4-7-16(23-3)8-5-14/h4-10H,11-12H2,1-3H3,(H,20,22)/p+1. The van der Waals surface area contributed by atoms with Gasteiger partial charge in [-0.2, -0.15) is 0 Å². The quantitative estimate of drug-likeness (QED) is 0.811. The number of ether oxygens (including phenoxy) is 1. The van der Waals surface area contributed by atoms with E-state index in [1.165, 1.54) is 5.56 Å². The Balaban J connectivity index is 1.88. The molecule has 0 radical (unpaired) electrons. The predicted molar refractivity (Wildman–Crippen MR) is 96.0 cm³/mol. The summed E-state index contributed by atoms with van der Waals surface area (Å²) in [6, 6.07) is 13.8. The normalized spacial score (nSPS) is 11.8. The SMILES string of the molecule is COc1ccc(C[NH+](C)CC(=O)Nc2ccc(Br)cc2C)cc1. The Labute approximate surface area is 145 Å². The molecule has 23 heavy (non-hydrogen) atoms. The number of nitrogens with one attached hydrogen (secondary N) is 2. The van der Waals surface area contributed by atoms with Crippen LogP contribution in [0.3, 0.4) is 0 Å². The molecule has 0 heterocycles.